The number of hydrogen-bond acceptors (Lipinski definition) is 3. The van der Waals surface area contributed by atoms with Gasteiger partial charge in [-0.2, -0.15) is 0 Å². The monoisotopic (exact) mass is 431 g/mol. The molecule has 4 rings (SSSR count). The average molecular weight is 432 g/mol. The smallest absolute Gasteiger partial charge is 0.310 e. The lowest BCUT2D eigenvalue weighted by atomic mass is 10.3. The molecule has 0 spiro atoms. The van der Waals surface area contributed by atoms with Gasteiger partial charge in [-0.05, 0) is 48.5 Å². The van der Waals surface area contributed by atoms with Gasteiger partial charge in [0.2, 0.25) is 0 Å². The first kappa shape index (κ1) is 20.5. The van der Waals surface area contributed by atoms with Crippen molar-refractivity contribution in [3.8, 4) is 0 Å². The number of thiophene rings is 1. The summed E-state index contributed by atoms with van der Waals surface area (Å²) < 4.78 is 4.85. The summed E-state index contributed by atoms with van der Waals surface area (Å²) in [6.45, 7) is 0. The van der Waals surface area contributed by atoms with Crippen molar-refractivity contribution in [3.05, 3.63) is 113 Å². The van der Waals surface area contributed by atoms with Gasteiger partial charge >= 0.3 is 5.97 Å². The number of rotatable bonds is 7. The second-order valence-corrected chi connectivity index (χ2v) is 11.8. The fourth-order valence-electron chi connectivity index (χ4n) is 3.82. The van der Waals surface area contributed by atoms with E-state index in [4.69, 9.17) is 4.74 Å². The molecule has 0 unspecified atom stereocenters. The molecular formula is C26H24O2PS+. The van der Waals surface area contributed by atoms with Crippen LogP contribution >= 0.6 is 18.6 Å². The fourth-order valence-corrected chi connectivity index (χ4v) is 9.52. The Hall–Kier alpha value is -2.74. The molecule has 0 N–H and O–H groups in total. The molecule has 2 nitrogen and oxygen atoms in total. The zero-order chi connectivity index (χ0) is 20.8. The second-order valence-electron chi connectivity index (χ2n) is 7.10. The maximum Gasteiger partial charge on any atom is 0.310 e. The topological polar surface area (TPSA) is 26.3 Å². The summed E-state index contributed by atoms with van der Waals surface area (Å²) >= 11 is 1.71. The van der Waals surface area contributed by atoms with Crippen LogP contribution < -0.4 is 15.9 Å². The van der Waals surface area contributed by atoms with Crippen LogP contribution in [0.2, 0.25) is 0 Å². The lowest BCUT2D eigenvalue weighted by Crippen LogP contribution is -2.32. The van der Waals surface area contributed by atoms with E-state index in [1.54, 1.807) is 11.3 Å². The van der Waals surface area contributed by atoms with E-state index in [9.17, 15) is 4.79 Å². The van der Waals surface area contributed by atoms with E-state index in [2.05, 4.69) is 103 Å². The van der Waals surface area contributed by atoms with Gasteiger partial charge < -0.3 is 4.74 Å². The van der Waals surface area contributed by atoms with Gasteiger partial charge in [-0.25, -0.2) is 0 Å². The summed E-state index contributed by atoms with van der Waals surface area (Å²) in [5.74, 6) is -0.196. The fraction of sp³-hybridized carbons (Fsp3) is 0.115. The molecule has 1 aromatic heterocycles. The molecule has 150 valence electrons. The van der Waals surface area contributed by atoms with Crippen LogP contribution in [-0.2, 0) is 22.1 Å². The van der Waals surface area contributed by atoms with Crippen LogP contribution in [0.4, 0.5) is 0 Å². The van der Waals surface area contributed by atoms with Gasteiger partial charge in [0, 0.05) is 9.75 Å². The average Bonchev–Trinajstić information content (AvgIpc) is 3.25. The van der Waals surface area contributed by atoms with E-state index < -0.39 is 7.26 Å². The van der Waals surface area contributed by atoms with Crippen LogP contribution in [0.1, 0.15) is 9.75 Å². The van der Waals surface area contributed by atoms with Crippen LogP contribution in [0.3, 0.4) is 0 Å². The summed E-state index contributed by atoms with van der Waals surface area (Å²) in [5.41, 5.74) is 0. The summed E-state index contributed by atoms with van der Waals surface area (Å²) in [6, 6.07) is 36.8. The summed E-state index contributed by atoms with van der Waals surface area (Å²) in [4.78, 5) is 14.1. The van der Waals surface area contributed by atoms with E-state index >= 15 is 0 Å². The molecule has 0 aliphatic heterocycles. The third kappa shape index (κ3) is 4.23. The highest BCUT2D eigenvalue weighted by Crippen LogP contribution is 2.58. The van der Waals surface area contributed by atoms with Crippen LogP contribution in [0, 0.1) is 0 Å². The lowest BCUT2D eigenvalue weighted by Gasteiger charge is -2.27. The highest BCUT2D eigenvalue weighted by Gasteiger charge is 2.45. The number of benzene rings is 3. The Kier molecular flexibility index (Phi) is 6.42. The Labute approximate surface area is 182 Å². The number of hydrogen-bond donors (Lipinski definition) is 0. The first-order valence-electron chi connectivity index (χ1n) is 9.92. The molecule has 4 heteroatoms. The summed E-state index contributed by atoms with van der Waals surface area (Å²) in [6.07, 6.45) is 1.26. The van der Waals surface area contributed by atoms with Crippen LogP contribution in [-0.4, -0.2) is 13.1 Å². The highest BCUT2D eigenvalue weighted by molar-refractivity contribution is 7.95. The zero-order valence-electron chi connectivity index (χ0n) is 16.9. The van der Waals surface area contributed by atoms with Gasteiger partial charge in [-0.15, -0.1) is 11.3 Å². The van der Waals surface area contributed by atoms with Crippen molar-refractivity contribution in [3.63, 3.8) is 0 Å². The molecule has 4 aromatic rings. The number of methoxy groups -OCH3 is 1. The quantitative estimate of drug-likeness (QED) is 0.305. The minimum atomic E-state index is -1.91. The molecular weight excluding hydrogens is 407 g/mol. The third-order valence-electron chi connectivity index (χ3n) is 5.25. The number of esters is 1. The van der Waals surface area contributed by atoms with Crippen molar-refractivity contribution in [1.29, 1.82) is 0 Å². The van der Waals surface area contributed by atoms with Gasteiger partial charge in [0.1, 0.15) is 29.3 Å². The zero-order valence-corrected chi connectivity index (χ0v) is 18.6. The Bertz CT molecular complexity index is 995. The summed E-state index contributed by atoms with van der Waals surface area (Å²) in [5, 5.41) is 4.10. The van der Waals surface area contributed by atoms with Crippen molar-refractivity contribution < 1.29 is 9.53 Å². The van der Waals surface area contributed by atoms with Gasteiger partial charge in [-0.1, -0.05) is 54.6 Å². The maximum absolute atomic E-state index is 11.7. The minimum Gasteiger partial charge on any atom is -0.469 e. The molecule has 0 aliphatic rings. The molecule has 30 heavy (non-hydrogen) atoms. The first-order valence-corrected chi connectivity index (χ1v) is 12.7. The van der Waals surface area contributed by atoms with Crippen LogP contribution in [0.15, 0.2) is 103 Å². The van der Waals surface area contributed by atoms with Gasteiger partial charge in [0.25, 0.3) is 0 Å². The Morgan fingerprint density at radius 2 is 1.13 bits per heavy atom. The van der Waals surface area contributed by atoms with Crippen molar-refractivity contribution in [2.75, 3.05) is 7.11 Å². The predicted octanol–water partition coefficient (Wildman–Crippen LogP) is 4.96. The Morgan fingerprint density at radius 1 is 0.700 bits per heavy atom. The summed E-state index contributed by atoms with van der Waals surface area (Å²) in [7, 11) is -0.471. The van der Waals surface area contributed by atoms with E-state index in [0.29, 0.717) is 6.42 Å². The van der Waals surface area contributed by atoms with Crippen LogP contribution in [0.5, 0.6) is 0 Å². The maximum atomic E-state index is 11.7. The minimum absolute atomic E-state index is 0.196. The largest absolute Gasteiger partial charge is 0.469 e. The molecule has 0 amide bonds. The molecule has 3 aromatic carbocycles. The third-order valence-corrected chi connectivity index (χ3v) is 10.9. The van der Waals surface area contributed by atoms with Crippen molar-refractivity contribution >= 4 is 40.5 Å². The van der Waals surface area contributed by atoms with Gasteiger partial charge in [0.05, 0.1) is 13.5 Å². The second kappa shape index (κ2) is 9.38. The molecule has 0 saturated carbocycles. The Morgan fingerprint density at radius 3 is 1.57 bits per heavy atom. The highest BCUT2D eigenvalue weighted by atomic mass is 32.1. The molecule has 0 radical (unpaired) electrons. The Balaban J connectivity index is 1.86. The number of carbonyl (C=O) groups is 1. The van der Waals surface area contributed by atoms with E-state index in [1.165, 1.54) is 27.9 Å². The van der Waals surface area contributed by atoms with Gasteiger partial charge in [0.15, 0.2) is 0 Å². The molecule has 1 heterocycles. The number of carbonyl (C=O) groups excluding carboxylic acids is 1. The van der Waals surface area contributed by atoms with Gasteiger partial charge in [-0.3, -0.25) is 4.79 Å². The van der Waals surface area contributed by atoms with E-state index in [1.807, 2.05) is 0 Å². The lowest BCUT2D eigenvalue weighted by molar-refractivity contribution is -0.139. The van der Waals surface area contributed by atoms with Crippen molar-refractivity contribution in [2.24, 2.45) is 0 Å². The molecule has 0 fully saturated rings. The first-order chi connectivity index (χ1) is 14.7. The van der Waals surface area contributed by atoms with E-state index in [0.717, 1.165) is 11.0 Å². The predicted molar refractivity (Wildman–Crippen MR) is 129 cm³/mol. The van der Waals surface area contributed by atoms with Crippen molar-refractivity contribution in [2.45, 2.75) is 12.6 Å². The molecule has 0 saturated heterocycles. The molecule has 0 atom stereocenters. The SMILES string of the molecule is COC(=O)Cc1ccc(C[P+](c2ccccc2)(c2ccccc2)c2ccccc2)s1. The molecule has 0 bridgehead atoms. The standard InChI is InChI=1S/C26H24O2PS/c1-28-26(27)19-24-17-18-25(30-24)20-29(21-11-5-2-6-12-21,22-13-7-3-8-14-22)23-15-9-4-10-16-23/h2-18H,19-20H2,1H3/q+1. The van der Waals surface area contributed by atoms with E-state index in [-0.39, 0.29) is 5.97 Å². The van der Waals surface area contributed by atoms with Crippen molar-refractivity contribution in [1.82, 2.24) is 0 Å². The normalized spacial score (nSPS) is 11.2. The number of ether oxygens (including phenoxy) is 1. The van der Waals surface area contributed by atoms with Crippen LogP contribution in [0.25, 0.3) is 0 Å². The molecule has 0 aliphatic carbocycles.